The average molecular weight is 653 g/mol. The van der Waals surface area contributed by atoms with Crippen LogP contribution in [0.15, 0.2) is 152 Å². The summed E-state index contributed by atoms with van der Waals surface area (Å²) in [5.74, 6) is 2.86. The van der Waals surface area contributed by atoms with Crippen LogP contribution in [0.25, 0.3) is 20.2 Å². The van der Waals surface area contributed by atoms with E-state index in [0.717, 1.165) is 29.1 Å². The number of anilines is 6. The fourth-order valence-electron chi connectivity index (χ4n) is 10.1. The Labute approximate surface area is 293 Å². The number of hydrogen-bond acceptors (Lipinski definition) is 3. The van der Waals surface area contributed by atoms with Gasteiger partial charge in [-0.2, -0.15) is 0 Å². The highest BCUT2D eigenvalue weighted by molar-refractivity contribution is 7.25. The number of benzene rings is 6. The molecule has 240 valence electrons. The van der Waals surface area contributed by atoms with E-state index in [-0.39, 0.29) is 0 Å². The molecule has 4 fully saturated rings. The van der Waals surface area contributed by atoms with E-state index in [4.69, 9.17) is 0 Å². The number of fused-ring (bicyclic) bond motifs is 3. The highest BCUT2D eigenvalue weighted by atomic mass is 32.1. The van der Waals surface area contributed by atoms with Gasteiger partial charge < -0.3 is 9.80 Å². The molecule has 0 N–H and O–H groups in total. The molecule has 6 aromatic carbocycles. The maximum absolute atomic E-state index is 2.48. The van der Waals surface area contributed by atoms with Gasteiger partial charge in [-0.05, 0) is 146 Å². The Hall–Kier alpha value is -4.86. The largest absolute Gasteiger partial charge is 0.310 e. The van der Waals surface area contributed by atoms with Crippen LogP contribution in [0.5, 0.6) is 0 Å². The maximum atomic E-state index is 2.48. The van der Waals surface area contributed by atoms with Crippen LogP contribution in [-0.4, -0.2) is 0 Å². The molecule has 0 spiro atoms. The standard InChI is InChI=1S/C46H40N2S/c1-4-10-36(11-5-1)47(37-12-6-2-7-13-37)40-21-23-44-43(27-40)42-22-20-41(28-45(42)49-44)48(38-14-8-3-9-15-38)39-18-16-35(17-19-39)46-29-32-24-33(30-46)26-34(25-32)31-46/h1-23,27-28,32-34H,24-26,29-31H2. The summed E-state index contributed by atoms with van der Waals surface area (Å²) < 4.78 is 2.62. The third-order valence-corrected chi connectivity index (χ3v) is 12.9. The van der Waals surface area contributed by atoms with Crippen LogP contribution in [0, 0.1) is 17.8 Å². The summed E-state index contributed by atoms with van der Waals surface area (Å²) in [5.41, 5.74) is 9.08. The Morgan fingerprint density at radius 3 is 1.39 bits per heavy atom. The lowest BCUT2D eigenvalue weighted by Gasteiger charge is -2.57. The van der Waals surface area contributed by atoms with Crippen LogP contribution in [0.4, 0.5) is 34.1 Å². The van der Waals surface area contributed by atoms with Gasteiger partial charge in [-0.1, -0.05) is 72.8 Å². The number of nitrogens with zero attached hydrogens (tertiary/aromatic N) is 2. The zero-order valence-electron chi connectivity index (χ0n) is 27.7. The summed E-state index contributed by atoms with van der Waals surface area (Å²) in [6.45, 7) is 0. The summed E-state index contributed by atoms with van der Waals surface area (Å²) in [5, 5.41) is 2.60. The number of thiophene rings is 1. The Balaban J connectivity index is 1.03. The van der Waals surface area contributed by atoms with Crippen molar-refractivity contribution in [2.75, 3.05) is 9.80 Å². The van der Waals surface area contributed by atoms with Crippen molar-refractivity contribution in [3.63, 3.8) is 0 Å². The van der Waals surface area contributed by atoms with Gasteiger partial charge in [0.25, 0.3) is 0 Å². The lowest BCUT2D eigenvalue weighted by atomic mass is 9.48. The van der Waals surface area contributed by atoms with E-state index >= 15 is 0 Å². The van der Waals surface area contributed by atoms with Gasteiger partial charge in [0.1, 0.15) is 0 Å². The lowest BCUT2D eigenvalue weighted by Crippen LogP contribution is -2.48. The molecule has 4 saturated carbocycles. The molecule has 1 heterocycles. The molecule has 0 saturated heterocycles. The van der Waals surface area contributed by atoms with Gasteiger partial charge in [-0.25, -0.2) is 0 Å². The molecule has 7 aromatic rings. The van der Waals surface area contributed by atoms with Gasteiger partial charge >= 0.3 is 0 Å². The Morgan fingerprint density at radius 1 is 0.408 bits per heavy atom. The third-order valence-electron chi connectivity index (χ3n) is 11.8. The van der Waals surface area contributed by atoms with Crippen molar-refractivity contribution in [3.05, 3.63) is 157 Å². The van der Waals surface area contributed by atoms with Gasteiger partial charge in [0.05, 0.1) is 0 Å². The van der Waals surface area contributed by atoms with Crippen molar-refractivity contribution in [1.29, 1.82) is 0 Å². The lowest BCUT2D eigenvalue weighted by molar-refractivity contribution is -0.00518. The van der Waals surface area contributed by atoms with E-state index in [1.54, 1.807) is 5.56 Å². The summed E-state index contributed by atoms with van der Waals surface area (Å²) in [7, 11) is 0. The van der Waals surface area contributed by atoms with Gasteiger partial charge in [0, 0.05) is 54.3 Å². The second-order valence-electron chi connectivity index (χ2n) is 14.9. The molecule has 0 aliphatic heterocycles. The minimum absolute atomic E-state index is 0.413. The van der Waals surface area contributed by atoms with E-state index in [1.165, 1.54) is 81.4 Å². The molecular weight excluding hydrogens is 613 g/mol. The average Bonchev–Trinajstić information content (AvgIpc) is 3.50. The highest BCUT2D eigenvalue weighted by Crippen LogP contribution is 2.61. The first-order valence-electron chi connectivity index (χ1n) is 18.0. The monoisotopic (exact) mass is 652 g/mol. The van der Waals surface area contributed by atoms with Gasteiger partial charge in [0.15, 0.2) is 0 Å². The van der Waals surface area contributed by atoms with Gasteiger partial charge in [-0.3, -0.25) is 0 Å². The summed E-state index contributed by atoms with van der Waals surface area (Å²) >= 11 is 1.89. The van der Waals surface area contributed by atoms with Crippen LogP contribution in [-0.2, 0) is 5.41 Å². The molecule has 4 aliphatic rings. The fraction of sp³-hybridized carbons (Fsp3) is 0.217. The molecule has 0 amide bonds. The van der Waals surface area contributed by atoms with E-state index in [2.05, 4.69) is 161 Å². The van der Waals surface area contributed by atoms with Crippen molar-refractivity contribution in [2.24, 2.45) is 17.8 Å². The zero-order valence-corrected chi connectivity index (χ0v) is 28.5. The number of hydrogen-bond donors (Lipinski definition) is 0. The van der Waals surface area contributed by atoms with Crippen molar-refractivity contribution < 1.29 is 0 Å². The van der Waals surface area contributed by atoms with E-state index in [0.29, 0.717) is 5.41 Å². The topological polar surface area (TPSA) is 6.48 Å². The van der Waals surface area contributed by atoms with Crippen LogP contribution in [0.2, 0.25) is 0 Å². The predicted octanol–water partition coefficient (Wildman–Crippen LogP) is 13.5. The van der Waals surface area contributed by atoms with Crippen LogP contribution in [0.3, 0.4) is 0 Å². The van der Waals surface area contributed by atoms with E-state index in [1.807, 2.05) is 11.3 Å². The second-order valence-corrected chi connectivity index (χ2v) is 16.0. The molecule has 3 heteroatoms. The SMILES string of the molecule is c1ccc(N(c2ccc(C34CC5CC(CC(C5)C3)C4)cc2)c2ccc3c(c2)sc2ccc(N(c4ccccc4)c4ccccc4)cc23)cc1. The molecule has 0 unspecified atom stereocenters. The number of para-hydroxylation sites is 3. The Morgan fingerprint density at radius 2 is 0.857 bits per heavy atom. The first kappa shape index (κ1) is 29.1. The molecule has 4 bridgehead atoms. The van der Waals surface area contributed by atoms with Crippen LogP contribution in [0.1, 0.15) is 44.1 Å². The van der Waals surface area contributed by atoms with Crippen LogP contribution >= 0.6 is 11.3 Å². The van der Waals surface area contributed by atoms with Crippen molar-refractivity contribution in [2.45, 2.75) is 43.9 Å². The quantitative estimate of drug-likeness (QED) is 0.169. The van der Waals surface area contributed by atoms with E-state index < -0.39 is 0 Å². The summed E-state index contributed by atoms with van der Waals surface area (Å²) in [6, 6.07) is 55.9. The summed E-state index contributed by atoms with van der Waals surface area (Å²) in [4.78, 5) is 4.78. The molecule has 1 aromatic heterocycles. The first-order chi connectivity index (χ1) is 24.2. The summed E-state index contributed by atoms with van der Waals surface area (Å²) in [6.07, 6.45) is 8.66. The second kappa shape index (κ2) is 11.6. The molecule has 11 rings (SSSR count). The predicted molar refractivity (Wildman–Crippen MR) is 209 cm³/mol. The smallest absolute Gasteiger partial charge is 0.0476 e. The van der Waals surface area contributed by atoms with Crippen molar-refractivity contribution >= 4 is 65.6 Å². The zero-order chi connectivity index (χ0) is 32.4. The molecule has 0 radical (unpaired) electrons. The maximum Gasteiger partial charge on any atom is 0.0476 e. The Bertz CT molecular complexity index is 2180. The van der Waals surface area contributed by atoms with Crippen molar-refractivity contribution in [3.8, 4) is 0 Å². The first-order valence-corrected chi connectivity index (χ1v) is 18.8. The van der Waals surface area contributed by atoms with E-state index in [9.17, 15) is 0 Å². The molecule has 49 heavy (non-hydrogen) atoms. The minimum atomic E-state index is 0.413. The van der Waals surface area contributed by atoms with Crippen molar-refractivity contribution in [1.82, 2.24) is 0 Å². The van der Waals surface area contributed by atoms with Gasteiger partial charge in [0.2, 0.25) is 0 Å². The van der Waals surface area contributed by atoms with Gasteiger partial charge in [-0.15, -0.1) is 11.3 Å². The fourth-order valence-corrected chi connectivity index (χ4v) is 11.2. The molecule has 0 atom stereocenters. The normalized spacial score (nSPS) is 22.5. The third kappa shape index (κ3) is 5.06. The minimum Gasteiger partial charge on any atom is -0.310 e. The molecule has 4 aliphatic carbocycles. The Kier molecular flexibility index (Phi) is 6.91. The number of rotatable bonds is 7. The van der Waals surface area contributed by atoms with Crippen LogP contribution < -0.4 is 9.80 Å². The molecule has 2 nitrogen and oxygen atoms in total. The molecular formula is C46H40N2S. The highest BCUT2D eigenvalue weighted by Gasteiger charge is 2.51.